The van der Waals surface area contributed by atoms with E-state index >= 15 is 0 Å². The third-order valence-corrected chi connectivity index (χ3v) is 6.40. The van der Waals surface area contributed by atoms with Crippen LogP contribution in [0.15, 0.2) is 73.1 Å². The van der Waals surface area contributed by atoms with E-state index < -0.39 is 24.3 Å². The molecule has 0 saturated carbocycles. The smallest absolute Gasteiger partial charge is 0.475 e. The molecule has 3 N–H and O–H groups in total. The van der Waals surface area contributed by atoms with Gasteiger partial charge in [0.1, 0.15) is 11.6 Å². The molecule has 3 aromatic heterocycles. The van der Waals surface area contributed by atoms with Crippen LogP contribution < -0.4 is 5.32 Å². The van der Waals surface area contributed by atoms with Crippen molar-refractivity contribution in [1.82, 2.24) is 24.6 Å². The average molecular weight is 658 g/mol. The highest BCUT2D eigenvalue weighted by molar-refractivity contribution is 5.99. The predicted molar refractivity (Wildman–Crippen MR) is 147 cm³/mol. The van der Waals surface area contributed by atoms with Crippen LogP contribution in [0.25, 0.3) is 5.52 Å². The molecule has 0 radical (unpaired) electrons. The molecule has 1 aromatic carbocycles. The molecule has 4 aromatic rings. The molecule has 1 aliphatic rings. The number of imidazole rings is 1. The topological polar surface area (TPSA) is 137 Å². The number of likely N-dealkylation sites (tertiary alicyclic amines) is 1. The Kier molecular flexibility index (Phi) is 11.8. The third kappa shape index (κ3) is 9.98. The number of alkyl halides is 6. The standard InChI is InChI=1S/C25H24FN5O.2C2HF3O2/c26-19-11-9-18(10-12-19)16-28-25(32)23-21-7-2-4-15-31(21)24(29-23)22-8-5-14-30(22)17-20-6-1-3-13-27-20;2*3-2(4,5)1(6)7/h1-4,6-7,9-13,15,22H,5,8,14,16-17H2,(H,28,32);2*(H,6,7). The molecule has 1 unspecified atom stereocenters. The lowest BCUT2D eigenvalue weighted by atomic mass is 10.2. The van der Waals surface area contributed by atoms with E-state index in [0.717, 1.165) is 48.5 Å². The van der Waals surface area contributed by atoms with Crippen molar-refractivity contribution in [1.29, 1.82) is 0 Å². The van der Waals surface area contributed by atoms with Gasteiger partial charge in [0, 0.05) is 25.5 Å². The quantitative estimate of drug-likeness (QED) is 0.235. The molecular weight excluding hydrogens is 631 g/mol. The molecule has 0 aliphatic carbocycles. The SMILES string of the molecule is O=C(NCc1ccc(F)cc1)c1nc(C2CCCN2Cc2ccccn2)n2ccccc12.O=C(O)C(F)(F)F.O=C(O)C(F)(F)F. The van der Waals surface area contributed by atoms with Crippen molar-refractivity contribution in [2.75, 3.05) is 6.54 Å². The predicted octanol–water partition coefficient (Wildman–Crippen LogP) is 5.40. The van der Waals surface area contributed by atoms with Crippen LogP contribution in [0.5, 0.6) is 0 Å². The minimum absolute atomic E-state index is 0.116. The number of hydrogen-bond donors (Lipinski definition) is 3. The fourth-order valence-electron chi connectivity index (χ4n) is 4.34. The Labute approximate surface area is 256 Å². The van der Waals surface area contributed by atoms with Crippen LogP contribution in [0.2, 0.25) is 0 Å². The van der Waals surface area contributed by atoms with Gasteiger partial charge in [-0.05, 0) is 61.3 Å². The summed E-state index contributed by atoms with van der Waals surface area (Å²) in [7, 11) is 0. The molecule has 10 nitrogen and oxygen atoms in total. The molecule has 246 valence electrons. The lowest BCUT2D eigenvalue weighted by Crippen LogP contribution is -2.25. The van der Waals surface area contributed by atoms with E-state index in [-0.39, 0.29) is 17.8 Å². The molecule has 46 heavy (non-hydrogen) atoms. The van der Waals surface area contributed by atoms with Gasteiger partial charge in [-0.2, -0.15) is 26.3 Å². The second-order valence-corrected chi connectivity index (χ2v) is 9.64. The van der Waals surface area contributed by atoms with Gasteiger partial charge in [-0.25, -0.2) is 19.0 Å². The number of aliphatic carboxylic acids is 2. The number of fused-ring (bicyclic) bond motifs is 1. The summed E-state index contributed by atoms with van der Waals surface area (Å²) in [5.41, 5.74) is 3.05. The zero-order chi connectivity index (χ0) is 34.1. The van der Waals surface area contributed by atoms with E-state index in [1.807, 2.05) is 53.2 Å². The van der Waals surface area contributed by atoms with E-state index in [1.54, 1.807) is 12.1 Å². The summed E-state index contributed by atoms with van der Waals surface area (Å²) < 4.78 is 78.6. The van der Waals surface area contributed by atoms with Gasteiger partial charge in [0.15, 0.2) is 5.69 Å². The highest BCUT2D eigenvalue weighted by atomic mass is 19.4. The Morgan fingerprint density at radius 2 is 1.50 bits per heavy atom. The fourth-order valence-corrected chi connectivity index (χ4v) is 4.34. The number of benzene rings is 1. The largest absolute Gasteiger partial charge is 0.490 e. The highest BCUT2D eigenvalue weighted by Gasteiger charge is 2.39. The number of carboxylic acids is 2. The summed E-state index contributed by atoms with van der Waals surface area (Å²) in [5.74, 6) is -5.17. The van der Waals surface area contributed by atoms with E-state index in [4.69, 9.17) is 24.8 Å². The lowest BCUT2D eigenvalue weighted by Gasteiger charge is -2.23. The Morgan fingerprint density at radius 3 is 2.07 bits per heavy atom. The number of nitrogens with one attached hydrogen (secondary N) is 1. The summed E-state index contributed by atoms with van der Waals surface area (Å²) >= 11 is 0. The number of carbonyl (C=O) groups is 3. The zero-order valence-corrected chi connectivity index (χ0v) is 23.6. The van der Waals surface area contributed by atoms with Crippen molar-refractivity contribution in [2.24, 2.45) is 0 Å². The molecule has 4 heterocycles. The first-order valence-corrected chi connectivity index (χ1v) is 13.3. The van der Waals surface area contributed by atoms with Crippen molar-refractivity contribution in [3.8, 4) is 0 Å². The second-order valence-electron chi connectivity index (χ2n) is 9.64. The van der Waals surface area contributed by atoms with E-state index in [0.29, 0.717) is 12.2 Å². The minimum atomic E-state index is -5.08. The van der Waals surface area contributed by atoms with Crippen LogP contribution in [0.4, 0.5) is 30.7 Å². The summed E-state index contributed by atoms with van der Waals surface area (Å²) in [6, 6.07) is 18.0. The van der Waals surface area contributed by atoms with Gasteiger partial charge in [0.2, 0.25) is 0 Å². The van der Waals surface area contributed by atoms with Gasteiger partial charge >= 0.3 is 24.3 Å². The molecule has 1 atom stereocenters. The molecule has 1 fully saturated rings. The highest BCUT2D eigenvalue weighted by Crippen LogP contribution is 2.33. The van der Waals surface area contributed by atoms with Gasteiger partial charge in [-0.15, -0.1) is 0 Å². The number of halogens is 7. The average Bonchev–Trinajstić information content (AvgIpc) is 3.61. The van der Waals surface area contributed by atoms with Crippen LogP contribution in [-0.4, -0.2) is 66.2 Å². The first-order chi connectivity index (χ1) is 21.6. The minimum Gasteiger partial charge on any atom is -0.475 e. The number of nitrogens with zero attached hydrogens (tertiary/aromatic N) is 4. The van der Waals surface area contributed by atoms with E-state index in [9.17, 15) is 35.5 Å². The Morgan fingerprint density at radius 1 is 0.891 bits per heavy atom. The second kappa shape index (κ2) is 15.3. The molecule has 1 amide bonds. The van der Waals surface area contributed by atoms with Gasteiger partial charge in [0.25, 0.3) is 5.91 Å². The number of pyridine rings is 2. The number of rotatable bonds is 6. The van der Waals surface area contributed by atoms with E-state index in [1.165, 1.54) is 12.1 Å². The maximum absolute atomic E-state index is 13.1. The maximum Gasteiger partial charge on any atom is 0.490 e. The zero-order valence-electron chi connectivity index (χ0n) is 23.6. The summed E-state index contributed by atoms with van der Waals surface area (Å²) in [5, 5.41) is 17.2. The third-order valence-electron chi connectivity index (χ3n) is 6.40. The summed E-state index contributed by atoms with van der Waals surface area (Å²) in [4.78, 5) is 42.5. The van der Waals surface area contributed by atoms with Crippen LogP contribution in [0, 0.1) is 5.82 Å². The summed E-state index contributed by atoms with van der Waals surface area (Å²) in [6.07, 6.45) is -4.33. The fraction of sp³-hybridized carbons (Fsp3) is 0.276. The van der Waals surface area contributed by atoms with Crippen LogP contribution in [-0.2, 0) is 22.7 Å². The van der Waals surface area contributed by atoms with Crippen molar-refractivity contribution in [3.63, 3.8) is 0 Å². The Balaban J connectivity index is 0.000000345. The van der Waals surface area contributed by atoms with Crippen LogP contribution >= 0.6 is 0 Å². The Bertz CT molecular complexity index is 1600. The van der Waals surface area contributed by atoms with Gasteiger partial charge < -0.3 is 19.9 Å². The number of hydrogen-bond acceptors (Lipinski definition) is 6. The number of amides is 1. The van der Waals surface area contributed by atoms with Gasteiger partial charge in [0.05, 0.1) is 17.3 Å². The number of aromatic nitrogens is 3. The maximum atomic E-state index is 13.1. The molecule has 17 heteroatoms. The normalized spacial score (nSPS) is 14.9. The molecule has 0 spiro atoms. The van der Waals surface area contributed by atoms with Crippen LogP contribution in [0.3, 0.4) is 0 Å². The van der Waals surface area contributed by atoms with Crippen molar-refractivity contribution in [3.05, 3.63) is 102 Å². The van der Waals surface area contributed by atoms with Gasteiger partial charge in [-0.3, -0.25) is 14.7 Å². The van der Waals surface area contributed by atoms with Crippen LogP contribution in [0.1, 0.15) is 46.5 Å². The number of carbonyl (C=O) groups excluding carboxylic acids is 1. The first kappa shape index (κ1) is 35.4. The van der Waals surface area contributed by atoms with Gasteiger partial charge in [-0.1, -0.05) is 24.3 Å². The Hall–Kier alpha value is -5.06. The number of carboxylic acid groups (broad SMARTS) is 2. The van der Waals surface area contributed by atoms with Crippen molar-refractivity contribution in [2.45, 2.75) is 44.3 Å². The molecule has 0 bridgehead atoms. The summed E-state index contributed by atoms with van der Waals surface area (Å²) in [6.45, 7) is 2.03. The van der Waals surface area contributed by atoms with Crippen molar-refractivity contribution >= 4 is 23.4 Å². The molecule has 1 saturated heterocycles. The van der Waals surface area contributed by atoms with Crippen molar-refractivity contribution < 1.29 is 55.3 Å². The van der Waals surface area contributed by atoms with E-state index in [2.05, 4.69) is 15.2 Å². The molecule has 5 rings (SSSR count). The lowest BCUT2D eigenvalue weighted by molar-refractivity contribution is -0.193. The first-order valence-electron chi connectivity index (χ1n) is 13.3. The molecular formula is C29H26F7N5O5. The molecule has 1 aliphatic heterocycles. The monoisotopic (exact) mass is 657 g/mol.